The molecule has 0 radical (unpaired) electrons. The highest BCUT2D eigenvalue weighted by Crippen LogP contribution is 2.35. The molecule has 1 N–H and O–H groups in total. The first-order valence-corrected chi connectivity index (χ1v) is 10.2. The monoisotopic (exact) mass is 422 g/mol. The number of likely N-dealkylation sites (tertiary alicyclic amines) is 1. The number of carbonyl (C=O) groups is 3. The van der Waals surface area contributed by atoms with Gasteiger partial charge in [0.2, 0.25) is 5.91 Å². The van der Waals surface area contributed by atoms with Crippen molar-refractivity contribution in [3.05, 3.63) is 59.7 Å². The number of aliphatic carboxylic acids is 1. The Morgan fingerprint density at radius 2 is 1.81 bits per heavy atom. The first-order chi connectivity index (χ1) is 15.0. The molecule has 31 heavy (non-hydrogen) atoms. The molecule has 3 aliphatic rings. The molecule has 0 aliphatic carbocycles. The molecule has 2 aromatic rings. The minimum Gasteiger partial charge on any atom is -0.480 e. The van der Waals surface area contributed by atoms with Crippen LogP contribution in [0.15, 0.2) is 48.5 Å². The maximum atomic E-state index is 13.0. The third-order valence-electron chi connectivity index (χ3n) is 6.13. The molecule has 2 aromatic carbocycles. The van der Waals surface area contributed by atoms with Crippen molar-refractivity contribution >= 4 is 17.8 Å². The van der Waals surface area contributed by atoms with Crippen molar-refractivity contribution in [1.82, 2.24) is 9.80 Å². The topological polar surface area (TPSA) is 96.4 Å². The summed E-state index contributed by atoms with van der Waals surface area (Å²) in [5.41, 5.74) is 3.48. The summed E-state index contributed by atoms with van der Waals surface area (Å²) in [6.07, 6.45) is 0.0860. The zero-order chi connectivity index (χ0) is 21.6. The van der Waals surface area contributed by atoms with Crippen LogP contribution in [-0.4, -0.2) is 70.8 Å². The number of ether oxygens (including phenoxy) is 2. The summed E-state index contributed by atoms with van der Waals surface area (Å²) < 4.78 is 11.2. The summed E-state index contributed by atoms with van der Waals surface area (Å²) in [6, 6.07) is 14.5. The second kappa shape index (κ2) is 7.47. The third-order valence-corrected chi connectivity index (χ3v) is 6.13. The fourth-order valence-corrected chi connectivity index (χ4v) is 4.60. The van der Waals surface area contributed by atoms with Gasteiger partial charge in [0.15, 0.2) is 5.79 Å². The van der Waals surface area contributed by atoms with Crippen LogP contribution in [0.2, 0.25) is 0 Å². The number of hydrogen-bond donors (Lipinski definition) is 1. The van der Waals surface area contributed by atoms with Crippen LogP contribution in [0, 0.1) is 0 Å². The number of benzene rings is 2. The summed E-state index contributed by atoms with van der Waals surface area (Å²) in [4.78, 5) is 40.3. The van der Waals surface area contributed by atoms with Gasteiger partial charge in [-0.1, -0.05) is 36.4 Å². The molecule has 2 fully saturated rings. The lowest BCUT2D eigenvalue weighted by molar-refractivity contribution is -0.152. The highest BCUT2D eigenvalue weighted by atomic mass is 16.7. The standard InChI is InChI=1S/C23H22N2O6/c26-20(25-14-23(30-8-9-31-23)11-19(25)22(28)29)13-24-12-17-10-16(6-7-18(17)21(24)27)15-4-2-1-3-5-15/h1-7,10,19H,8-9,11-14H2,(H,28,29)/t19-/m0/s1. The Labute approximate surface area is 179 Å². The van der Waals surface area contributed by atoms with E-state index in [1.165, 1.54) is 9.80 Å². The Kier molecular flexibility index (Phi) is 4.75. The predicted octanol–water partition coefficient (Wildman–Crippen LogP) is 1.74. The summed E-state index contributed by atoms with van der Waals surface area (Å²) >= 11 is 0. The van der Waals surface area contributed by atoms with Crippen molar-refractivity contribution in [3.63, 3.8) is 0 Å². The van der Waals surface area contributed by atoms with Crippen LogP contribution in [0.25, 0.3) is 11.1 Å². The maximum Gasteiger partial charge on any atom is 0.326 e. The normalized spacial score (nSPS) is 21.7. The average molecular weight is 422 g/mol. The van der Waals surface area contributed by atoms with Crippen LogP contribution in [0.5, 0.6) is 0 Å². The van der Waals surface area contributed by atoms with E-state index >= 15 is 0 Å². The van der Waals surface area contributed by atoms with Crippen LogP contribution < -0.4 is 0 Å². The van der Waals surface area contributed by atoms with Crippen molar-refractivity contribution in [2.45, 2.75) is 24.8 Å². The Balaban J connectivity index is 1.32. The van der Waals surface area contributed by atoms with Gasteiger partial charge in [-0.2, -0.15) is 0 Å². The Bertz CT molecular complexity index is 1050. The van der Waals surface area contributed by atoms with Gasteiger partial charge >= 0.3 is 5.97 Å². The van der Waals surface area contributed by atoms with E-state index in [9.17, 15) is 19.5 Å². The number of carbonyl (C=O) groups excluding carboxylic acids is 2. The van der Waals surface area contributed by atoms with Crippen molar-refractivity contribution in [1.29, 1.82) is 0 Å². The lowest BCUT2D eigenvalue weighted by Crippen LogP contribution is -2.46. The van der Waals surface area contributed by atoms with Gasteiger partial charge in [0, 0.05) is 18.5 Å². The number of amides is 2. The first kappa shape index (κ1) is 19.7. The van der Waals surface area contributed by atoms with Gasteiger partial charge in [0.1, 0.15) is 12.6 Å². The number of hydrogen-bond acceptors (Lipinski definition) is 5. The van der Waals surface area contributed by atoms with E-state index in [0.29, 0.717) is 25.3 Å². The zero-order valence-electron chi connectivity index (χ0n) is 16.8. The third kappa shape index (κ3) is 3.47. The smallest absolute Gasteiger partial charge is 0.326 e. The average Bonchev–Trinajstić information content (AvgIpc) is 3.47. The van der Waals surface area contributed by atoms with Gasteiger partial charge in [-0.05, 0) is 28.8 Å². The van der Waals surface area contributed by atoms with E-state index in [1.807, 2.05) is 42.5 Å². The zero-order valence-corrected chi connectivity index (χ0v) is 16.8. The fourth-order valence-electron chi connectivity index (χ4n) is 4.60. The molecule has 160 valence electrons. The van der Waals surface area contributed by atoms with Gasteiger partial charge in [-0.3, -0.25) is 9.59 Å². The SMILES string of the molecule is O=C(O)[C@@H]1CC2(CN1C(=O)CN1Cc3cc(-c4ccccc4)ccc3C1=O)OCCO2. The Hall–Kier alpha value is -3.23. The largest absolute Gasteiger partial charge is 0.480 e. The van der Waals surface area contributed by atoms with Gasteiger partial charge in [0.25, 0.3) is 5.91 Å². The van der Waals surface area contributed by atoms with E-state index in [1.54, 1.807) is 6.07 Å². The second-order valence-corrected chi connectivity index (χ2v) is 8.09. The van der Waals surface area contributed by atoms with Crippen LogP contribution in [0.4, 0.5) is 0 Å². The van der Waals surface area contributed by atoms with Crippen molar-refractivity contribution in [2.75, 3.05) is 26.3 Å². The number of carboxylic acids is 1. The second-order valence-electron chi connectivity index (χ2n) is 8.09. The summed E-state index contributed by atoms with van der Waals surface area (Å²) in [5.74, 6) is -2.81. The van der Waals surface area contributed by atoms with E-state index < -0.39 is 23.7 Å². The molecule has 0 aromatic heterocycles. The number of carboxylic acid groups (broad SMARTS) is 1. The van der Waals surface area contributed by atoms with E-state index in [0.717, 1.165) is 16.7 Å². The van der Waals surface area contributed by atoms with Crippen LogP contribution in [0.1, 0.15) is 22.3 Å². The molecule has 8 nitrogen and oxygen atoms in total. The van der Waals surface area contributed by atoms with Gasteiger partial charge in [0.05, 0.1) is 19.8 Å². The van der Waals surface area contributed by atoms with Crippen molar-refractivity contribution in [3.8, 4) is 11.1 Å². The van der Waals surface area contributed by atoms with Gasteiger partial charge < -0.3 is 24.4 Å². The molecule has 3 heterocycles. The Morgan fingerprint density at radius 1 is 1.06 bits per heavy atom. The van der Waals surface area contributed by atoms with Crippen molar-refractivity contribution in [2.24, 2.45) is 0 Å². The van der Waals surface area contributed by atoms with Crippen LogP contribution >= 0.6 is 0 Å². The molecular weight excluding hydrogens is 400 g/mol. The quantitative estimate of drug-likeness (QED) is 0.806. The highest BCUT2D eigenvalue weighted by Gasteiger charge is 2.53. The molecule has 1 atom stereocenters. The van der Waals surface area contributed by atoms with Gasteiger partial charge in [-0.25, -0.2) is 4.79 Å². The molecule has 0 saturated carbocycles. The van der Waals surface area contributed by atoms with Crippen molar-refractivity contribution < 1.29 is 29.0 Å². The lowest BCUT2D eigenvalue weighted by atomic mass is 10.0. The van der Waals surface area contributed by atoms with E-state index in [-0.39, 0.29) is 25.4 Å². The molecule has 2 saturated heterocycles. The Morgan fingerprint density at radius 3 is 2.52 bits per heavy atom. The first-order valence-electron chi connectivity index (χ1n) is 10.2. The van der Waals surface area contributed by atoms with Crippen LogP contribution in [0.3, 0.4) is 0 Å². The van der Waals surface area contributed by atoms with Gasteiger partial charge in [-0.15, -0.1) is 0 Å². The summed E-state index contributed by atoms with van der Waals surface area (Å²) in [5, 5.41) is 9.58. The molecule has 1 spiro atoms. The number of rotatable bonds is 4. The minimum absolute atomic E-state index is 0.0515. The lowest BCUT2D eigenvalue weighted by Gasteiger charge is -2.25. The fraction of sp³-hybridized carbons (Fsp3) is 0.348. The minimum atomic E-state index is -1.10. The van der Waals surface area contributed by atoms with E-state index in [2.05, 4.69) is 0 Å². The summed E-state index contributed by atoms with van der Waals surface area (Å²) in [6.45, 7) is 0.921. The molecule has 0 unspecified atom stereocenters. The molecule has 3 aliphatic heterocycles. The molecule has 2 amide bonds. The molecular formula is C23H22N2O6. The number of fused-ring (bicyclic) bond motifs is 1. The maximum absolute atomic E-state index is 13.0. The predicted molar refractivity (Wildman–Crippen MR) is 109 cm³/mol. The highest BCUT2D eigenvalue weighted by molar-refractivity contribution is 6.01. The molecule has 8 heteroatoms. The summed E-state index contributed by atoms with van der Waals surface area (Å²) in [7, 11) is 0. The molecule has 5 rings (SSSR count). The van der Waals surface area contributed by atoms with Crippen LogP contribution in [-0.2, 0) is 25.6 Å². The molecule has 0 bridgehead atoms. The number of nitrogens with zero attached hydrogens (tertiary/aromatic N) is 2. The van der Waals surface area contributed by atoms with E-state index in [4.69, 9.17) is 9.47 Å².